The zero-order chi connectivity index (χ0) is 37.9. The molecule has 0 radical (unpaired) electrons. The minimum atomic E-state index is 0.656. The third-order valence-corrected chi connectivity index (χ3v) is 13.1. The summed E-state index contributed by atoms with van der Waals surface area (Å²) >= 11 is 1.84. The average Bonchev–Trinajstić information content (AvgIpc) is 3.80. The van der Waals surface area contributed by atoms with E-state index in [9.17, 15) is 0 Å². The lowest BCUT2D eigenvalue weighted by Gasteiger charge is -2.14. The molecule has 0 bridgehead atoms. The van der Waals surface area contributed by atoms with Crippen molar-refractivity contribution in [3.63, 3.8) is 0 Å². The predicted molar refractivity (Wildman–Crippen MR) is 243 cm³/mol. The average molecular weight is 755 g/mol. The van der Waals surface area contributed by atoms with Crippen LogP contribution in [0.4, 0.5) is 0 Å². The van der Waals surface area contributed by atoms with Crippen LogP contribution in [0.15, 0.2) is 182 Å². The Kier molecular flexibility index (Phi) is 6.57. The number of hydrogen-bond acceptors (Lipinski definition) is 4. The third kappa shape index (κ3) is 4.53. The van der Waals surface area contributed by atoms with E-state index in [1.807, 2.05) is 29.5 Å². The summed E-state index contributed by atoms with van der Waals surface area (Å²) < 4.78 is 4.95. The van der Waals surface area contributed by atoms with Crippen molar-refractivity contribution < 1.29 is 0 Å². The van der Waals surface area contributed by atoms with E-state index in [-0.39, 0.29) is 0 Å². The molecule has 9 aromatic carbocycles. The Labute approximate surface area is 337 Å². The van der Waals surface area contributed by atoms with Crippen LogP contribution in [0.25, 0.3) is 126 Å². The topological polar surface area (TPSA) is 43.6 Å². The van der Waals surface area contributed by atoms with Crippen molar-refractivity contribution in [2.75, 3.05) is 0 Å². The van der Waals surface area contributed by atoms with Crippen LogP contribution in [0.2, 0.25) is 0 Å². The van der Waals surface area contributed by atoms with E-state index in [0.29, 0.717) is 17.5 Å². The molecule has 268 valence electrons. The maximum Gasteiger partial charge on any atom is 0.164 e. The Morgan fingerprint density at radius 2 is 0.966 bits per heavy atom. The summed E-state index contributed by atoms with van der Waals surface area (Å²) in [5.74, 6) is 1.97. The molecule has 58 heavy (non-hydrogen) atoms. The molecule has 0 atom stereocenters. The molecule has 0 saturated heterocycles. The molecule has 5 heteroatoms. The van der Waals surface area contributed by atoms with E-state index < -0.39 is 0 Å². The van der Waals surface area contributed by atoms with E-state index in [4.69, 9.17) is 15.0 Å². The smallest absolute Gasteiger partial charge is 0.164 e. The van der Waals surface area contributed by atoms with Gasteiger partial charge in [-0.15, -0.1) is 11.3 Å². The van der Waals surface area contributed by atoms with E-state index in [1.165, 1.54) is 86.1 Å². The second-order valence-corrected chi connectivity index (χ2v) is 16.2. The highest BCUT2D eigenvalue weighted by atomic mass is 32.1. The minimum absolute atomic E-state index is 0.656. The molecule has 1 aliphatic carbocycles. The lowest BCUT2D eigenvalue weighted by Crippen LogP contribution is -2.00. The number of rotatable bonds is 4. The van der Waals surface area contributed by atoms with Gasteiger partial charge in [0, 0.05) is 42.9 Å². The third-order valence-electron chi connectivity index (χ3n) is 12.0. The second kappa shape index (κ2) is 12.0. The first-order valence-corrected chi connectivity index (χ1v) is 20.4. The Bertz CT molecular complexity index is 3690. The first-order valence-electron chi connectivity index (χ1n) is 19.6. The molecule has 3 aromatic heterocycles. The summed E-state index contributed by atoms with van der Waals surface area (Å²) in [4.78, 5) is 15.2. The fourth-order valence-corrected chi connectivity index (χ4v) is 10.6. The molecule has 0 unspecified atom stereocenters. The number of thiophene rings is 1. The van der Waals surface area contributed by atoms with Gasteiger partial charge in [0.15, 0.2) is 17.5 Å². The maximum atomic E-state index is 5.13. The molecular weight excluding hydrogens is 725 g/mol. The molecule has 0 aliphatic heterocycles. The Morgan fingerprint density at radius 1 is 0.362 bits per heavy atom. The number of hydrogen-bond donors (Lipinski definition) is 0. The van der Waals surface area contributed by atoms with Crippen molar-refractivity contribution in [2.24, 2.45) is 0 Å². The lowest BCUT2D eigenvalue weighted by atomic mass is 9.93. The van der Waals surface area contributed by atoms with Crippen molar-refractivity contribution in [1.82, 2.24) is 19.5 Å². The van der Waals surface area contributed by atoms with Gasteiger partial charge in [-0.3, -0.25) is 0 Å². The Hall–Kier alpha value is -7.47. The van der Waals surface area contributed by atoms with Gasteiger partial charge in [-0.25, -0.2) is 15.0 Å². The van der Waals surface area contributed by atoms with Gasteiger partial charge >= 0.3 is 0 Å². The van der Waals surface area contributed by atoms with Crippen molar-refractivity contribution >= 4 is 74.9 Å². The fraction of sp³-hybridized carbons (Fsp3) is 0. The molecule has 0 fully saturated rings. The van der Waals surface area contributed by atoms with Crippen LogP contribution in [-0.4, -0.2) is 19.5 Å². The van der Waals surface area contributed by atoms with E-state index in [0.717, 1.165) is 22.1 Å². The molecule has 0 spiro atoms. The van der Waals surface area contributed by atoms with Crippen molar-refractivity contribution in [3.05, 3.63) is 182 Å². The predicted octanol–water partition coefficient (Wildman–Crippen LogP) is 14.3. The Balaban J connectivity index is 1.03. The number of benzene rings is 9. The lowest BCUT2D eigenvalue weighted by molar-refractivity contribution is 1.08. The molecule has 1 aliphatic rings. The number of aromatic nitrogens is 4. The summed E-state index contributed by atoms with van der Waals surface area (Å²) in [6, 6.07) is 65.5. The van der Waals surface area contributed by atoms with Gasteiger partial charge in [0.1, 0.15) is 0 Å². The maximum absolute atomic E-state index is 5.13. The summed E-state index contributed by atoms with van der Waals surface area (Å²) in [5.41, 5.74) is 11.7. The van der Waals surface area contributed by atoms with Gasteiger partial charge < -0.3 is 4.57 Å². The van der Waals surface area contributed by atoms with Gasteiger partial charge in [-0.2, -0.15) is 0 Å². The second-order valence-electron chi connectivity index (χ2n) is 15.1. The first-order chi connectivity index (χ1) is 28.7. The molecule has 4 nitrogen and oxygen atoms in total. The van der Waals surface area contributed by atoms with Crippen molar-refractivity contribution in [1.29, 1.82) is 0 Å². The van der Waals surface area contributed by atoms with Crippen molar-refractivity contribution in [2.45, 2.75) is 0 Å². The normalized spacial score (nSPS) is 12.1. The van der Waals surface area contributed by atoms with E-state index >= 15 is 0 Å². The quantitative estimate of drug-likeness (QED) is 0.180. The van der Waals surface area contributed by atoms with E-state index in [1.54, 1.807) is 0 Å². The monoisotopic (exact) mass is 754 g/mol. The van der Waals surface area contributed by atoms with Gasteiger partial charge in [0.25, 0.3) is 0 Å². The summed E-state index contributed by atoms with van der Waals surface area (Å²) in [7, 11) is 0. The van der Waals surface area contributed by atoms with Crippen LogP contribution in [0.1, 0.15) is 0 Å². The van der Waals surface area contributed by atoms with Gasteiger partial charge in [-0.05, 0) is 74.1 Å². The van der Waals surface area contributed by atoms with Gasteiger partial charge in [0.2, 0.25) is 0 Å². The molecule has 12 aromatic rings. The molecule has 3 heterocycles. The van der Waals surface area contributed by atoms with Crippen LogP contribution in [0.3, 0.4) is 0 Å². The van der Waals surface area contributed by atoms with Crippen LogP contribution in [-0.2, 0) is 0 Å². The largest absolute Gasteiger partial charge is 0.308 e. The molecule has 0 N–H and O–H groups in total. The number of nitrogens with zero attached hydrogens (tertiary/aromatic N) is 4. The standard InChI is InChI=1S/C53H30N4S/c1-2-12-33(13-3-1)51-54-52(35-24-23-31-11-4-5-14-34(31)29-35)56-53(55-51)36-25-27-39-42-20-10-22-45(50(42)58-46(39)30-36)57-43-21-9-19-41-38-17-7-6-16-37(38)40-18-8-15-32-26-28-44(57)49(47(32)40)48(41)43/h1-30H. The van der Waals surface area contributed by atoms with Crippen LogP contribution < -0.4 is 0 Å². The summed E-state index contributed by atoms with van der Waals surface area (Å²) in [6.45, 7) is 0. The highest BCUT2D eigenvalue weighted by molar-refractivity contribution is 7.26. The van der Waals surface area contributed by atoms with Crippen LogP contribution >= 0.6 is 11.3 Å². The number of fused-ring (bicyclic) bond motifs is 7. The summed E-state index contributed by atoms with van der Waals surface area (Å²) in [6.07, 6.45) is 0. The zero-order valence-electron chi connectivity index (χ0n) is 31.0. The van der Waals surface area contributed by atoms with Gasteiger partial charge in [-0.1, -0.05) is 152 Å². The molecule has 13 rings (SSSR count). The Morgan fingerprint density at radius 3 is 1.79 bits per heavy atom. The molecule has 0 saturated carbocycles. The highest BCUT2D eigenvalue weighted by Gasteiger charge is 2.25. The SMILES string of the molecule is c1ccc(-c2nc(-c3ccc4ccccc4c3)nc(-c3ccc4c(c3)sc3c(-n5c6cccc7c6c6c8c(cccc8ccc65)-c5ccccc5-7)cccc34)n2)cc1. The first kappa shape index (κ1) is 31.7. The van der Waals surface area contributed by atoms with Crippen molar-refractivity contribution in [3.8, 4) is 62.1 Å². The zero-order valence-corrected chi connectivity index (χ0v) is 31.8. The van der Waals surface area contributed by atoms with E-state index in [2.05, 4.69) is 168 Å². The van der Waals surface area contributed by atoms with Crippen LogP contribution in [0.5, 0.6) is 0 Å². The fourth-order valence-electron chi connectivity index (χ4n) is 9.37. The highest BCUT2D eigenvalue weighted by Crippen LogP contribution is 2.50. The van der Waals surface area contributed by atoms with Crippen LogP contribution in [0, 0.1) is 0 Å². The minimum Gasteiger partial charge on any atom is -0.308 e. The van der Waals surface area contributed by atoms with Gasteiger partial charge in [0.05, 0.1) is 21.4 Å². The molecule has 0 amide bonds. The molecular formula is C53H30N4S. The summed E-state index contributed by atoms with van der Waals surface area (Å²) in [5, 5.41) is 10.0.